The van der Waals surface area contributed by atoms with Crippen LogP contribution in [0.3, 0.4) is 0 Å². The third-order valence-corrected chi connectivity index (χ3v) is 8.01. The summed E-state index contributed by atoms with van der Waals surface area (Å²) in [6.07, 6.45) is 0. The van der Waals surface area contributed by atoms with E-state index in [1.54, 1.807) is 25.2 Å². The van der Waals surface area contributed by atoms with Crippen LogP contribution < -0.4 is 0 Å². The number of rotatable bonds is 5. The Hall–Kier alpha value is -3.91. The van der Waals surface area contributed by atoms with Gasteiger partial charge in [-0.3, -0.25) is 19.1 Å². The molecule has 8 heteroatoms. The number of hydrogen-bond acceptors (Lipinski definition) is 6. The summed E-state index contributed by atoms with van der Waals surface area (Å²) in [5, 5.41) is 19.4. The second kappa shape index (κ2) is 8.95. The molecule has 0 saturated carbocycles. The van der Waals surface area contributed by atoms with E-state index in [2.05, 4.69) is 24.0 Å². The molecule has 0 fully saturated rings. The SMILES string of the molecule is CC(=O)c1cccc(-c2ccc(C3=N[C@@H](C(C)C(=O)O)c4nnc(C)n4-c4sc(C)c(C)c43)cc2)c1. The second-order valence-corrected chi connectivity index (χ2v) is 10.4. The maximum absolute atomic E-state index is 12.0. The largest absolute Gasteiger partial charge is 0.481 e. The van der Waals surface area contributed by atoms with Crippen molar-refractivity contribution in [2.24, 2.45) is 10.9 Å². The van der Waals surface area contributed by atoms with Gasteiger partial charge in [0.1, 0.15) is 16.9 Å². The molecule has 0 radical (unpaired) electrons. The zero-order chi connectivity index (χ0) is 25.7. The quantitative estimate of drug-likeness (QED) is 0.354. The molecule has 1 unspecified atom stereocenters. The second-order valence-electron chi connectivity index (χ2n) is 9.17. The predicted molar refractivity (Wildman–Crippen MR) is 141 cm³/mol. The first-order valence-corrected chi connectivity index (χ1v) is 12.5. The summed E-state index contributed by atoms with van der Waals surface area (Å²) in [6, 6.07) is 14.9. The lowest BCUT2D eigenvalue weighted by atomic mass is 9.95. The van der Waals surface area contributed by atoms with Crippen molar-refractivity contribution in [3.8, 4) is 16.1 Å². The van der Waals surface area contributed by atoms with E-state index in [1.165, 1.54) is 0 Å². The molecule has 5 rings (SSSR count). The summed E-state index contributed by atoms with van der Waals surface area (Å²) in [4.78, 5) is 30.1. The van der Waals surface area contributed by atoms with Crippen molar-refractivity contribution in [2.45, 2.75) is 40.7 Å². The van der Waals surface area contributed by atoms with Gasteiger partial charge in [-0.15, -0.1) is 21.5 Å². The molecule has 0 bridgehead atoms. The zero-order valence-electron chi connectivity index (χ0n) is 20.7. The van der Waals surface area contributed by atoms with Crippen molar-refractivity contribution < 1.29 is 14.7 Å². The first kappa shape index (κ1) is 23.8. The average Bonchev–Trinajstić information content (AvgIpc) is 3.33. The monoisotopic (exact) mass is 498 g/mol. The van der Waals surface area contributed by atoms with Gasteiger partial charge in [0.25, 0.3) is 0 Å². The Bertz CT molecular complexity index is 1550. The molecule has 0 saturated heterocycles. The van der Waals surface area contributed by atoms with Crippen LogP contribution in [-0.2, 0) is 4.79 Å². The fourth-order valence-corrected chi connectivity index (χ4v) is 5.77. The molecule has 1 N–H and O–H groups in total. The molecule has 0 amide bonds. The van der Waals surface area contributed by atoms with E-state index >= 15 is 0 Å². The first-order chi connectivity index (χ1) is 17.2. The molecule has 2 aromatic carbocycles. The number of Topliss-reactive ketones (excluding diaryl/α,β-unsaturated/α-hetero) is 1. The normalized spacial score (nSPS) is 15.5. The molecule has 1 aliphatic heterocycles. The third-order valence-electron chi connectivity index (χ3n) is 6.81. The summed E-state index contributed by atoms with van der Waals surface area (Å²) in [5.41, 5.74) is 6.34. The van der Waals surface area contributed by atoms with Gasteiger partial charge in [0.2, 0.25) is 0 Å². The van der Waals surface area contributed by atoms with E-state index in [9.17, 15) is 14.7 Å². The van der Waals surface area contributed by atoms with Gasteiger partial charge >= 0.3 is 5.97 Å². The van der Waals surface area contributed by atoms with Crippen LogP contribution in [0.4, 0.5) is 0 Å². The van der Waals surface area contributed by atoms with Crippen molar-refractivity contribution >= 4 is 28.8 Å². The number of aromatic nitrogens is 3. The molecule has 182 valence electrons. The third kappa shape index (κ3) is 3.87. The van der Waals surface area contributed by atoms with Crippen molar-refractivity contribution in [1.82, 2.24) is 14.8 Å². The highest BCUT2D eigenvalue weighted by Crippen LogP contribution is 2.40. The number of carbonyl (C=O) groups is 2. The molecular formula is C28H26N4O3S. The highest BCUT2D eigenvalue weighted by molar-refractivity contribution is 7.15. The van der Waals surface area contributed by atoms with E-state index in [0.29, 0.717) is 17.2 Å². The summed E-state index contributed by atoms with van der Waals surface area (Å²) >= 11 is 1.64. The Morgan fingerprint density at radius 1 is 1.00 bits per heavy atom. The Kier molecular flexibility index (Phi) is 5.92. The van der Waals surface area contributed by atoms with Crippen molar-refractivity contribution in [1.29, 1.82) is 0 Å². The molecule has 4 aromatic rings. The molecule has 0 aliphatic carbocycles. The number of aliphatic carboxylic acids is 1. The smallest absolute Gasteiger partial charge is 0.308 e. The number of hydrogen-bond donors (Lipinski definition) is 1. The van der Waals surface area contributed by atoms with Gasteiger partial charge in [0, 0.05) is 21.6 Å². The van der Waals surface area contributed by atoms with Crippen LogP contribution in [0.15, 0.2) is 53.5 Å². The zero-order valence-corrected chi connectivity index (χ0v) is 21.6. The lowest BCUT2D eigenvalue weighted by molar-refractivity contribution is -0.141. The fraction of sp³-hybridized carbons (Fsp3) is 0.250. The van der Waals surface area contributed by atoms with Gasteiger partial charge in [-0.1, -0.05) is 42.5 Å². The summed E-state index contributed by atoms with van der Waals surface area (Å²) in [6.45, 7) is 9.25. The molecule has 7 nitrogen and oxygen atoms in total. The van der Waals surface area contributed by atoms with Gasteiger partial charge in [0.15, 0.2) is 11.6 Å². The van der Waals surface area contributed by atoms with Crippen LogP contribution in [0.1, 0.15) is 63.5 Å². The molecular weight excluding hydrogens is 472 g/mol. The van der Waals surface area contributed by atoms with Gasteiger partial charge < -0.3 is 5.11 Å². The number of aliphatic imine (C=N–C) groups is 1. The summed E-state index contributed by atoms with van der Waals surface area (Å²) < 4.78 is 1.96. The van der Waals surface area contributed by atoms with E-state index in [-0.39, 0.29) is 5.78 Å². The van der Waals surface area contributed by atoms with E-state index in [1.807, 2.05) is 60.0 Å². The average molecular weight is 499 g/mol. The summed E-state index contributed by atoms with van der Waals surface area (Å²) in [5.74, 6) is -0.455. The van der Waals surface area contributed by atoms with E-state index < -0.39 is 17.9 Å². The maximum atomic E-state index is 12.0. The van der Waals surface area contributed by atoms with Gasteiger partial charge in [-0.25, -0.2) is 0 Å². The maximum Gasteiger partial charge on any atom is 0.308 e. The van der Waals surface area contributed by atoms with Gasteiger partial charge in [-0.2, -0.15) is 0 Å². The van der Waals surface area contributed by atoms with Crippen LogP contribution in [0.5, 0.6) is 0 Å². The van der Waals surface area contributed by atoms with E-state index in [0.717, 1.165) is 43.4 Å². The van der Waals surface area contributed by atoms with Crippen LogP contribution >= 0.6 is 11.3 Å². The Labute approximate surface area is 213 Å². The van der Waals surface area contributed by atoms with E-state index in [4.69, 9.17) is 4.99 Å². The molecule has 3 heterocycles. The predicted octanol–water partition coefficient (Wildman–Crippen LogP) is 5.74. The number of nitrogens with zero attached hydrogens (tertiary/aromatic N) is 4. The lowest BCUT2D eigenvalue weighted by Gasteiger charge is -2.16. The minimum Gasteiger partial charge on any atom is -0.481 e. The number of carbonyl (C=O) groups excluding carboxylic acids is 1. The summed E-state index contributed by atoms with van der Waals surface area (Å²) in [7, 11) is 0. The standard InChI is InChI=1S/C28H26N4O3S/c1-14-17(4)36-27-23(14)25(29-24(15(2)28(34)35)26-31-30-18(5)32(26)27)20-11-9-19(10-12-20)22-8-6-7-21(13-22)16(3)33/h6-13,15,24H,1-5H3,(H,34,35)/t15?,24-/m0/s1. The molecule has 36 heavy (non-hydrogen) atoms. The van der Waals surface area contributed by atoms with Crippen molar-refractivity contribution in [2.75, 3.05) is 0 Å². The number of carboxylic acids is 1. The van der Waals surface area contributed by atoms with Crippen LogP contribution in [0.25, 0.3) is 16.1 Å². The van der Waals surface area contributed by atoms with Crippen LogP contribution in [0, 0.1) is 26.7 Å². The molecule has 2 aromatic heterocycles. The fourth-order valence-electron chi connectivity index (χ4n) is 4.56. The highest BCUT2D eigenvalue weighted by atomic mass is 32.1. The minimum atomic E-state index is -0.936. The van der Waals surface area contributed by atoms with Crippen LogP contribution in [-0.4, -0.2) is 37.3 Å². The number of aryl methyl sites for hydroxylation is 2. The van der Waals surface area contributed by atoms with Gasteiger partial charge in [-0.05, 0) is 57.4 Å². The van der Waals surface area contributed by atoms with Crippen LogP contribution in [0.2, 0.25) is 0 Å². The Morgan fingerprint density at radius 3 is 2.36 bits per heavy atom. The first-order valence-electron chi connectivity index (χ1n) is 11.7. The van der Waals surface area contributed by atoms with Crippen molar-refractivity contribution in [3.63, 3.8) is 0 Å². The molecule has 0 spiro atoms. The lowest BCUT2D eigenvalue weighted by Crippen LogP contribution is -2.21. The molecule has 2 atom stereocenters. The Balaban J connectivity index is 1.68. The topological polar surface area (TPSA) is 97.4 Å². The van der Waals surface area contributed by atoms with Crippen molar-refractivity contribution in [3.05, 3.63) is 87.3 Å². The number of ketones is 1. The van der Waals surface area contributed by atoms with Gasteiger partial charge in [0.05, 0.1) is 11.6 Å². The number of thiophene rings is 1. The Morgan fingerprint density at radius 2 is 1.69 bits per heavy atom. The molecule has 1 aliphatic rings. The number of benzene rings is 2. The number of carboxylic acid groups (broad SMARTS) is 1. The minimum absolute atomic E-state index is 0.0259. The number of fused-ring (bicyclic) bond motifs is 3. The highest BCUT2D eigenvalue weighted by Gasteiger charge is 2.36.